The predicted molar refractivity (Wildman–Crippen MR) is 149 cm³/mol. The van der Waals surface area contributed by atoms with Crippen molar-refractivity contribution in [2.45, 2.75) is 32.2 Å². The van der Waals surface area contributed by atoms with E-state index in [0.29, 0.717) is 28.7 Å². The van der Waals surface area contributed by atoms with Gasteiger partial charge in [-0.3, -0.25) is 24.1 Å². The third-order valence-electron chi connectivity index (χ3n) is 9.07. The van der Waals surface area contributed by atoms with Crippen molar-refractivity contribution < 1.29 is 24.3 Å². The first-order valence-corrected chi connectivity index (χ1v) is 13.6. The molecule has 0 saturated carbocycles. The number of likely N-dealkylation sites (tertiary alicyclic amines) is 1. The summed E-state index contributed by atoms with van der Waals surface area (Å²) in [7, 11) is 0. The number of Topliss-reactive ketones (excluding diaryl/α,β-unsaturated/α-hetero) is 1. The van der Waals surface area contributed by atoms with E-state index in [4.69, 9.17) is 0 Å². The summed E-state index contributed by atoms with van der Waals surface area (Å²) in [5, 5.41) is 12.9. The molecule has 2 amide bonds. The molecule has 1 saturated heterocycles. The van der Waals surface area contributed by atoms with Crippen molar-refractivity contribution in [1.82, 2.24) is 4.90 Å². The maximum Gasteiger partial charge on any atom is 0.234 e. The highest BCUT2D eigenvalue weighted by Gasteiger charge is 2.56. The number of fused-ring (bicyclic) bond motifs is 4. The molecule has 0 spiro atoms. The highest BCUT2D eigenvalue weighted by molar-refractivity contribution is 6.24. The summed E-state index contributed by atoms with van der Waals surface area (Å²) in [5.41, 5.74) is 3.41. The minimum absolute atomic E-state index is 0.0327. The number of phenolic OH excluding ortho intramolecular Hbond substituents is 1. The lowest BCUT2D eigenvalue weighted by Crippen LogP contribution is -2.39. The molecule has 0 bridgehead atoms. The maximum atomic E-state index is 14.0. The van der Waals surface area contributed by atoms with Crippen LogP contribution < -0.4 is 0 Å². The highest BCUT2D eigenvalue weighted by atomic mass is 16.3. The zero-order chi connectivity index (χ0) is 27.7. The van der Waals surface area contributed by atoms with Crippen molar-refractivity contribution in [3.8, 4) is 5.75 Å². The summed E-state index contributed by atoms with van der Waals surface area (Å²) in [6.07, 6.45) is 3.96. The number of ketones is 2. The fourth-order valence-corrected chi connectivity index (χ4v) is 7.29. The Hall–Kier alpha value is -4.58. The molecule has 4 aliphatic rings. The van der Waals surface area contributed by atoms with Crippen LogP contribution in [0.5, 0.6) is 5.75 Å². The van der Waals surface area contributed by atoms with E-state index in [1.54, 1.807) is 13.0 Å². The van der Waals surface area contributed by atoms with Gasteiger partial charge in [-0.15, -0.1) is 0 Å². The quantitative estimate of drug-likeness (QED) is 0.287. The van der Waals surface area contributed by atoms with Crippen molar-refractivity contribution in [3.63, 3.8) is 0 Å². The van der Waals surface area contributed by atoms with E-state index < -0.39 is 23.7 Å². The molecule has 3 aromatic rings. The number of amides is 2. The normalized spacial score (nSPS) is 26.0. The number of hydrogen-bond donors (Lipinski definition) is 1. The summed E-state index contributed by atoms with van der Waals surface area (Å²) in [5.74, 6) is -3.11. The van der Waals surface area contributed by atoms with Crippen LogP contribution in [0.1, 0.15) is 36.8 Å². The zero-order valence-electron chi connectivity index (χ0n) is 22.0. The molecule has 7 rings (SSSR count). The number of nitrogens with zero attached hydrogens (tertiary/aromatic N) is 1. The van der Waals surface area contributed by atoms with Gasteiger partial charge in [-0.05, 0) is 54.2 Å². The van der Waals surface area contributed by atoms with Crippen molar-refractivity contribution in [2.75, 3.05) is 0 Å². The summed E-state index contributed by atoms with van der Waals surface area (Å²) < 4.78 is 0. The van der Waals surface area contributed by atoms with Gasteiger partial charge in [-0.25, -0.2) is 0 Å². The Morgan fingerprint density at radius 1 is 0.875 bits per heavy atom. The van der Waals surface area contributed by atoms with Gasteiger partial charge in [0.1, 0.15) is 5.75 Å². The number of imide groups is 1. The molecule has 3 aliphatic carbocycles. The molecule has 4 unspecified atom stereocenters. The molecule has 1 heterocycles. The van der Waals surface area contributed by atoms with Crippen LogP contribution in [-0.4, -0.2) is 33.4 Å². The number of rotatable bonds is 3. The minimum atomic E-state index is -0.687. The first-order chi connectivity index (χ1) is 19.3. The van der Waals surface area contributed by atoms with E-state index in [9.17, 15) is 24.3 Å². The molecule has 3 aromatic carbocycles. The lowest BCUT2D eigenvalue weighted by atomic mass is 9.59. The fourth-order valence-electron chi connectivity index (χ4n) is 7.29. The molecule has 6 heteroatoms. The van der Waals surface area contributed by atoms with Gasteiger partial charge in [0.2, 0.25) is 11.8 Å². The molecule has 1 N–H and O–H groups in total. The molecule has 0 radical (unpaired) electrons. The zero-order valence-corrected chi connectivity index (χ0v) is 22.0. The highest BCUT2D eigenvalue weighted by Crippen LogP contribution is 2.57. The molecule has 4 atom stereocenters. The Bertz CT molecular complexity index is 1740. The van der Waals surface area contributed by atoms with Crippen molar-refractivity contribution in [2.24, 2.45) is 17.8 Å². The largest absolute Gasteiger partial charge is 0.508 e. The fraction of sp³-hybridized carbons (Fsp3) is 0.235. The number of phenols is 1. The Morgan fingerprint density at radius 3 is 2.42 bits per heavy atom. The first-order valence-electron chi connectivity index (χ1n) is 13.6. The standard InChI is InChI=1S/C34H27NO5/c1-18-15-27(37)30-25(32(18)38)16-24-22(31(30)29-21-10-6-5-9-20(21)11-14-26(29)36)12-13-23-28(24)34(40)35(33(23)39)17-19-7-3-2-4-8-19/h2-12,14-15,23-24,28,31,36H,13,16-17H2,1H3. The van der Waals surface area contributed by atoms with Gasteiger partial charge in [-0.2, -0.15) is 0 Å². The lowest BCUT2D eigenvalue weighted by molar-refractivity contribution is -0.140. The summed E-state index contributed by atoms with van der Waals surface area (Å²) >= 11 is 0. The van der Waals surface area contributed by atoms with Gasteiger partial charge in [0.05, 0.1) is 18.4 Å². The van der Waals surface area contributed by atoms with Crippen LogP contribution in [0.4, 0.5) is 0 Å². The van der Waals surface area contributed by atoms with Gasteiger partial charge in [0, 0.05) is 28.2 Å². The van der Waals surface area contributed by atoms with Gasteiger partial charge in [-0.1, -0.05) is 72.3 Å². The van der Waals surface area contributed by atoms with Crippen LogP contribution in [0, 0.1) is 17.8 Å². The van der Waals surface area contributed by atoms with Crippen LogP contribution in [0.3, 0.4) is 0 Å². The van der Waals surface area contributed by atoms with Crippen molar-refractivity contribution >= 4 is 34.2 Å². The van der Waals surface area contributed by atoms with Crippen LogP contribution >= 0.6 is 0 Å². The Balaban J connectivity index is 1.39. The SMILES string of the molecule is CC1=CC(=O)C2=C(CC3C(=CCC4C(=O)N(Cc5ccccc5)C(=O)C43)C2c2c(O)ccc3ccccc23)C1=O. The Morgan fingerprint density at radius 2 is 1.62 bits per heavy atom. The van der Waals surface area contributed by atoms with E-state index in [1.807, 2.05) is 66.7 Å². The second-order valence-corrected chi connectivity index (χ2v) is 11.2. The van der Waals surface area contributed by atoms with Crippen LogP contribution in [0.25, 0.3) is 10.8 Å². The van der Waals surface area contributed by atoms with E-state index >= 15 is 0 Å². The molecule has 40 heavy (non-hydrogen) atoms. The van der Waals surface area contributed by atoms with Crippen LogP contribution in [0.15, 0.2) is 101 Å². The third-order valence-corrected chi connectivity index (χ3v) is 9.07. The van der Waals surface area contributed by atoms with Gasteiger partial charge >= 0.3 is 0 Å². The second-order valence-electron chi connectivity index (χ2n) is 11.2. The van der Waals surface area contributed by atoms with Crippen molar-refractivity contribution in [1.29, 1.82) is 0 Å². The molecule has 198 valence electrons. The van der Waals surface area contributed by atoms with E-state index in [1.165, 1.54) is 11.0 Å². The number of aromatic hydroxyl groups is 1. The third kappa shape index (κ3) is 3.48. The maximum absolute atomic E-state index is 14.0. The monoisotopic (exact) mass is 529 g/mol. The van der Waals surface area contributed by atoms with Gasteiger partial charge in [0.25, 0.3) is 0 Å². The molecular formula is C34H27NO5. The molecule has 1 aliphatic heterocycles. The van der Waals surface area contributed by atoms with Gasteiger partial charge < -0.3 is 5.11 Å². The van der Waals surface area contributed by atoms with Crippen LogP contribution in [0.2, 0.25) is 0 Å². The van der Waals surface area contributed by atoms with E-state index in [2.05, 4.69) is 0 Å². The molecular weight excluding hydrogens is 502 g/mol. The first kappa shape index (κ1) is 24.5. The topological polar surface area (TPSA) is 91.8 Å². The second kappa shape index (κ2) is 8.98. The van der Waals surface area contributed by atoms with E-state index in [0.717, 1.165) is 21.9 Å². The Labute approximate surface area is 231 Å². The number of benzene rings is 3. The smallest absolute Gasteiger partial charge is 0.234 e. The van der Waals surface area contributed by atoms with Gasteiger partial charge in [0.15, 0.2) is 11.6 Å². The average Bonchev–Trinajstić information content (AvgIpc) is 3.20. The summed E-state index contributed by atoms with van der Waals surface area (Å²) in [6, 6.07) is 20.5. The minimum Gasteiger partial charge on any atom is -0.508 e. The van der Waals surface area contributed by atoms with Crippen LogP contribution in [-0.2, 0) is 25.7 Å². The molecule has 0 aromatic heterocycles. The lowest BCUT2D eigenvalue weighted by Gasteiger charge is -2.42. The summed E-state index contributed by atoms with van der Waals surface area (Å²) in [4.78, 5) is 56.0. The summed E-state index contributed by atoms with van der Waals surface area (Å²) in [6.45, 7) is 1.84. The number of carbonyl (C=O) groups is 4. The average molecular weight is 530 g/mol. The number of allylic oxidation sites excluding steroid dienone is 6. The number of hydrogen-bond acceptors (Lipinski definition) is 5. The molecule has 6 nitrogen and oxygen atoms in total. The Kier molecular flexibility index (Phi) is 5.49. The van der Waals surface area contributed by atoms with Crippen molar-refractivity contribution in [3.05, 3.63) is 112 Å². The predicted octanol–water partition coefficient (Wildman–Crippen LogP) is 5.18. The molecule has 1 fully saturated rings. The van der Waals surface area contributed by atoms with E-state index in [-0.39, 0.29) is 42.1 Å². The number of carbonyl (C=O) groups excluding carboxylic acids is 4.